The topological polar surface area (TPSA) is 43.6 Å². The molecule has 0 radical (unpaired) electrons. The van der Waals surface area contributed by atoms with Crippen LogP contribution in [-0.2, 0) is 0 Å². The van der Waals surface area contributed by atoms with Crippen molar-refractivity contribution in [3.05, 3.63) is 46.9 Å². The Hall–Kier alpha value is -1.65. The quantitative estimate of drug-likeness (QED) is 0.914. The van der Waals surface area contributed by atoms with Crippen molar-refractivity contribution in [1.82, 2.24) is 5.32 Å². The minimum atomic E-state index is -0.128. The summed E-state index contributed by atoms with van der Waals surface area (Å²) in [5.41, 5.74) is 1.79. The van der Waals surface area contributed by atoms with Gasteiger partial charge in [0.1, 0.15) is 11.5 Å². The van der Waals surface area contributed by atoms with Crippen LogP contribution in [0.4, 0.5) is 0 Å². The van der Waals surface area contributed by atoms with E-state index in [0.717, 1.165) is 22.6 Å². The Balaban J connectivity index is 2.51. The molecule has 0 fully saturated rings. The fraction of sp³-hybridized carbons (Fsp3) is 0.286. The molecule has 2 rings (SSSR count). The number of halogens is 1. The number of furan rings is 1. The van der Waals surface area contributed by atoms with Crippen LogP contribution < -0.4 is 14.8 Å². The van der Waals surface area contributed by atoms with Gasteiger partial charge in [-0.25, -0.2) is 0 Å². The van der Waals surface area contributed by atoms with Crippen molar-refractivity contribution in [2.45, 2.75) is 6.04 Å². The predicted octanol–water partition coefficient (Wildman–Crippen LogP) is 3.26. The Morgan fingerprint density at radius 1 is 1.16 bits per heavy atom. The van der Waals surface area contributed by atoms with E-state index in [0.29, 0.717) is 5.22 Å². The van der Waals surface area contributed by atoms with E-state index in [4.69, 9.17) is 25.5 Å². The summed E-state index contributed by atoms with van der Waals surface area (Å²) >= 11 is 6.05. The Kier molecular flexibility index (Phi) is 4.35. The molecule has 1 aromatic carbocycles. The van der Waals surface area contributed by atoms with Gasteiger partial charge in [0, 0.05) is 11.1 Å². The first-order valence-corrected chi connectivity index (χ1v) is 6.21. The van der Waals surface area contributed by atoms with Crippen molar-refractivity contribution >= 4 is 11.6 Å². The van der Waals surface area contributed by atoms with Crippen molar-refractivity contribution in [3.63, 3.8) is 0 Å². The molecule has 0 amide bonds. The molecule has 4 nitrogen and oxygen atoms in total. The van der Waals surface area contributed by atoms with E-state index in [1.165, 1.54) is 0 Å². The lowest BCUT2D eigenvalue weighted by Gasteiger charge is -2.19. The van der Waals surface area contributed by atoms with Gasteiger partial charge in [0.15, 0.2) is 5.22 Å². The van der Waals surface area contributed by atoms with Crippen LogP contribution in [0.25, 0.3) is 0 Å². The predicted molar refractivity (Wildman–Crippen MR) is 74.2 cm³/mol. The van der Waals surface area contributed by atoms with E-state index >= 15 is 0 Å². The van der Waals surface area contributed by atoms with Crippen LogP contribution in [0.2, 0.25) is 5.22 Å². The fourth-order valence-corrected chi connectivity index (χ4v) is 2.28. The Bertz CT molecular complexity index is 553. The first kappa shape index (κ1) is 13.8. The number of hydrogen-bond donors (Lipinski definition) is 1. The monoisotopic (exact) mass is 281 g/mol. The molecule has 1 aromatic heterocycles. The molecule has 0 aliphatic heterocycles. The third-order valence-electron chi connectivity index (χ3n) is 2.99. The van der Waals surface area contributed by atoms with Gasteiger partial charge in [-0.3, -0.25) is 0 Å². The highest BCUT2D eigenvalue weighted by Gasteiger charge is 2.21. The zero-order valence-electron chi connectivity index (χ0n) is 11.1. The highest BCUT2D eigenvalue weighted by molar-refractivity contribution is 6.29. The standard InChI is InChI=1S/C14H16ClNO3/c1-16-13(10-6-7-19-14(10)15)11-8-9(17-2)4-5-12(11)18-3/h4-8,13,16H,1-3H3. The maximum atomic E-state index is 6.05. The van der Waals surface area contributed by atoms with Gasteiger partial charge in [0.25, 0.3) is 0 Å². The molecule has 1 unspecified atom stereocenters. The third-order valence-corrected chi connectivity index (χ3v) is 3.30. The average molecular weight is 282 g/mol. The number of methoxy groups -OCH3 is 2. The summed E-state index contributed by atoms with van der Waals surface area (Å²) in [6, 6.07) is 7.35. The molecule has 0 bridgehead atoms. The van der Waals surface area contributed by atoms with E-state index in [1.54, 1.807) is 20.5 Å². The number of hydrogen-bond acceptors (Lipinski definition) is 4. The molecule has 0 saturated carbocycles. The Labute approximate surface area is 117 Å². The largest absolute Gasteiger partial charge is 0.497 e. The van der Waals surface area contributed by atoms with E-state index < -0.39 is 0 Å². The van der Waals surface area contributed by atoms with Gasteiger partial charge in [-0.1, -0.05) is 0 Å². The minimum Gasteiger partial charge on any atom is -0.497 e. The second kappa shape index (κ2) is 5.99. The summed E-state index contributed by atoms with van der Waals surface area (Å²) in [6.07, 6.45) is 1.56. The molecule has 5 heteroatoms. The highest BCUT2D eigenvalue weighted by Crippen LogP contribution is 2.35. The van der Waals surface area contributed by atoms with Crippen LogP contribution in [0, 0.1) is 0 Å². The number of nitrogens with one attached hydrogen (secondary N) is 1. The molecule has 1 atom stereocenters. The molecule has 1 N–H and O–H groups in total. The first-order chi connectivity index (χ1) is 9.21. The van der Waals surface area contributed by atoms with E-state index in [9.17, 15) is 0 Å². The van der Waals surface area contributed by atoms with Gasteiger partial charge in [0.2, 0.25) is 0 Å². The first-order valence-electron chi connectivity index (χ1n) is 5.83. The van der Waals surface area contributed by atoms with Crippen molar-refractivity contribution in [2.24, 2.45) is 0 Å². The second-order valence-corrected chi connectivity index (χ2v) is 4.32. The van der Waals surface area contributed by atoms with Gasteiger partial charge < -0.3 is 19.2 Å². The summed E-state index contributed by atoms with van der Waals surface area (Å²) in [5.74, 6) is 1.52. The number of ether oxygens (including phenoxy) is 2. The highest BCUT2D eigenvalue weighted by atomic mass is 35.5. The molecule has 0 aliphatic rings. The van der Waals surface area contributed by atoms with E-state index in [-0.39, 0.29) is 6.04 Å². The van der Waals surface area contributed by atoms with Crippen molar-refractivity contribution in [3.8, 4) is 11.5 Å². The van der Waals surface area contributed by atoms with Crippen molar-refractivity contribution in [1.29, 1.82) is 0 Å². The van der Waals surface area contributed by atoms with Gasteiger partial charge in [-0.05, 0) is 42.9 Å². The lowest BCUT2D eigenvalue weighted by atomic mass is 10.00. The maximum Gasteiger partial charge on any atom is 0.198 e. The summed E-state index contributed by atoms with van der Waals surface area (Å²) in [7, 11) is 5.12. The normalized spacial score (nSPS) is 12.2. The van der Waals surface area contributed by atoms with Crippen LogP contribution in [0.5, 0.6) is 11.5 Å². The molecular formula is C14H16ClNO3. The molecule has 2 aromatic rings. The molecule has 19 heavy (non-hydrogen) atoms. The zero-order chi connectivity index (χ0) is 13.8. The second-order valence-electron chi connectivity index (χ2n) is 3.98. The molecule has 102 valence electrons. The van der Waals surface area contributed by atoms with E-state index in [2.05, 4.69) is 5.32 Å². The van der Waals surface area contributed by atoms with Gasteiger partial charge in [-0.2, -0.15) is 0 Å². The van der Waals surface area contributed by atoms with Crippen LogP contribution in [-0.4, -0.2) is 21.3 Å². The SMILES string of the molecule is CNC(c1cc(OC)ccc1OC)c1ccoc1Cl. The minimum absolute atomic E-state index is 0.128. The van der Waals surface area contributed by atoms with Crippen LogP contribution in [0.1, 0.15) is 17.2 Å². The van der Waals surface area contributed by atoms with Crippen LogP contribution in [0.3, 0.4) is 0 Å². The fourth-order valence-electron chi connectivity index (χ4n) is 2.05. The molecule has 0 spiro atoms. The summed E-state index contributed by atoms with van der Waals surface area (Å²) in [4.78, 5) is 0. The van der Waals surface area contributed by atoms with E-state index in [1.807, 2.05) is 31.3 Å². The number of benzene rings is 1. The molecule has 0 aliphatic carbocycles. The zero-order valence-corrected chi connectivity index (χ0v) is 11.8. The lowest BCUT2D eigenvalue weighted by molar-refractivity contribution is 0.395. The molecule has 1 heterocycles. The van der Waals surface area contributed by atoms with Crippen molar-refractivity contribution < 1.29 is 13.9 Å². The third kappa shape index (κ3) is 2.69. The van der Waals surface area contributed by atoms with Gasteiger partial charge in [-0.15, -0.1) is 0 Å². The molecular weight excluding hydrogens is 266 g/mol. The Morgan fingerprint density at radius 3 is 2.47 bits per heavy atom. The van der Waals surface area contributed by atoms with Crippen LogP contribution in [0.15, 0.2) is 34.9 Å². The van der Waals surface area contributed by atoms with Gasteiger partial charge in [0.05, 0.1) is 26.5 Å². The summed E-state index contributed by atoms with van der Waals surface area (Å²) in [6.45, 7) is 0. The molecule has 0 saturated heterocycles. The Morgan fingerprint density at radius 2 is 1.95 bits per heavy atom. The van der Waals surface area contributed by atoms with Gasteiger partial charge >= 0.3 is 0 Å². The van der Waals surface area contributed by atoms with Crippen molar-refractivity contribution in [2.75, 3.05) is 21.3 Å². The lowest BCUT2D eigenvalue weighted by Crippen LogP contribution is -2.18. The summed E-state index contributed by atoms with van der Waals surface area (Å²) in [5, 5.41) is 3.57. The maximum absolute atomic E-state index is 6.05. The van der Waals surface area contributed by atoms with Crippen LogP contribution >= 0.6 is 11.6 Å². The average Bonchev–Trinajstić information content (AvgIpc) is 2.86. The smallest absolute Gasteiger partial charge is 0.198 e. The number of rotatable bonds is 5. The summed E-state index contributed by atoms with van der Waals surface area (Å²) < 4.78 is 15.8.